The Hall–Kier alpha value is -7.50. The van der Waals surface area contributed by atoms with E-state index in [0.717, 1.165) is 55.7 Å². The van der Waals surface area contributed by atoms with Gasteiger partial charge in [0.05, 0.1) is 27.3 Å². The third kappa shape index (κ3) is 15.5. The number of methoxy groups -OCH3 is 1. The number of quaternary nitrogens is 1. The molecule has 0 bridgehead atoms. The van der Waals surface area contributed by atoms with E-state index in [1.807, 2.05) is 62.6 Å². The number of rotatable bonds is 22. The standard InChI is InChI=1S/C53H66N6O14/c1-10-26-59(7,8)28-35-21-23-36(27-34(35)22-24-43-45(70-31(4)60)46(71-32(5)61)47(72-33(6)62)48(73-43)51(65)68-9)56-49(63)42(20-15-25-55-52(54)66)57-50(64)44(30(2)3)58-53(67)69-29-41-39-18-13-11-16-37(39)38-17-12-14-19-40(38)41/h1,11-14,16-19,21,23,27,30,41-48H,15,20,22,24-26,28-29H2,2-9H3,(H5-,54,55,56,57,58,63,64,66,67)/p+1/t42-,43-,44-,45-,46+,47-,48-/m0/s1. The van der Waals surface area contributed by atoms with Crippen LogP contribution in [0.1, 0.15) is 82.1 Å². The van der Waals surface area contributed by atoms with Gasteiger partial charge in [-0.25, -0.2) is 14.4 Å². The van der Waals surface area contributed by atoms with Crippen molar-refractivity contribution in [2.24, 2.45) is 11.7 Å². The van der Waals surface area contributed by atoms with Crippen molar-refractivity contribution in [3.8, 4) is 23.5 Å². The summed E-state index contributed by atoms with van der Waals surface area (Å²) in [4.78, 5) is 104. The maximum Gasteiger partial charge on any atom is 0.407 e. The van der Waals surface area contributed by atoms with Crippen molar-refractivity contribution in [3.63, 3.8) is 0 Å². The molecular weight excluding hydrogens is 945 g/mol. The maximum absolute atomic E-state index is 14.3. The molecule has 7 atom stereocenters. The van der Waals surface area contributed by atoms with E-state index in [-0.39, 0.29) is 44.8 Å². The molecule has 1 aliphatic carbocycles. The van der Waals surface area contributed by atoms with Crippen LogP contribution in [0.5, 0.6) is 0 Å². The Morgan fingerprint density at radius 1 is 0.795 bits per heavy atom. The second kappa shape index (κ2) is 25.7. The quantitative estimate of drug-likeness (QED) is 0.0313. The molecule has 3 aromatic rings. The minimum Gasteiger partial charge on any atom is -0.467 e. The Labute approximate surface area is 425 Å². The third-order valence-corrected chi connectivity index (χ3v) is 12.4. The van der Waals surface area contributed by atoms with Crippen molar-refractivity contribution in [1.29, 1.82) is 0 Å². The summed E-state index contributed by atoms with van der Waals surface area (Å²) < 4.78 is 33.9. The van der Waals surface area contributed by atoms with Crippen LogP contribution in [0.25, 0.3) is 11.1 Å². The summed E-state index contributed by atoms with van der Waals surface area (Å²) >= 11 is 0. The van der Waals surface area contributed by atoms with Crippen LogP contribution in [0.15, 0.2) is 66.7 Å². The lowest BCUT2D eigenvalue weighted by Gasteiger charge is -2.43. The zero-order chi connectivity index (χ0) is 53.6. The molecule has 1 heterocycles. The zero-order valence-corrected chi connectivity index (χ0v) is 42.5. The van der Waals surface area contributed by atoms with Crippen molar-refractivity contribution in [2.45, 2.75) is 115 Å². The monoisotopic (exact) mass is 1010 g/mol. The molecule has 5 rings (SSSR count). The van der Waals surface area contributed by atoms with E-state index in [9.17, 15) is 38.4 Å². The molecule has 2 aliphatic rings. The number of amides is 5. The summed E-state index contributed by atoms with van der Waals surface area (Å²) in [5, 5.41) is 10.9. The first-order valence-corrected chi connectivity index (χ1v) is 24.0. The Morgan fingerprint density at radius 3 is 1.97 bits per heavy atom. The van der Waals surface area contributed by atoms with Crippen LogP contribution in [0.3, 0.4) is 0 Å². The number of anilines is 1. The van der Waals surface area contributed by atoms with E-state index in [2.05, 4.69) is 27.2 Å². The van der Waals surface area contributed by atoms with Gasteiger partial charge in [0.1, 0.15) is 31.8 Å². The van der Waals surface area contributed by atoms with Gasteiger partial charge in [-0.3, -0.25) is 24.0 Å². The number of urea groups is 1. The summed E-state index contributed by atoms with van der Waals surface area (Å²) in [7, 11) is 4.98. The van der Waals surface area contributed by atoms with Gasteiger partial charge in [-0.05, 0) is 77.5 Å². The van der Waals surface area contributed by atoms with E-state index in [1.165, 1.54) is 0 Å². The first-order valence-electron chi connectivity index (χ1n) is 24.0. The lowest BCUT2D eigenvalue weighted by atomic mass is 9.90. The molecule has 73 heavy (non-hydrogen) atoms. The summed E-state index contributed by atoms with van der Waals surface area (Å²) in [5.74, 6) is -2.59. The van der Waals surface area contributed by atoms with Gasteiger partial charge in [0, 0.05) is 44.5 Å². The smallest absolute Gasteiger partial charge is 0.407 e. The van der Waals surface area contributed by atoms with Gasteiger partial charge in [0.25, 0.3) is 0 Å². The van der Waals surface area contributed by atoms with E-state index in [0.29, 0.717) is 28.8 Å². The SMILES string of the molecule is C#CC[N+](C)(C)Cc1ccc(NC(=O)[C@H](CCCNC(N)=O)NC(=O)[C@@H](NC(=O)OCC2c3ccccc3-c3ccccc32)C(C)C)cc1CC[C@@H]1O[C@H](C(=O)OC)[C@@H](OC(C)=O)[C@H](OC(C)=O)[C@H]1OC(C)=O. The van der Waals surface area contributed by atoms with Gasteiger partial charge in [-0.15, -0.1) is 6.42 Å². The van der Waals surface area contributed by atoms with E-state index >= 15 is 0 Å². The number of hydrogen-bond acceptors (Lipinski definition) is 14. The number of aryl methyl sites for hydroxylation is 1. The molecule has 6 N–H and O–H groups in total. The van der Waals surface area contributed by atoms with Gasteiger partial charge >= 0.3 is 36.0 Å². The van der Waals surface area contributed by atoms with Gasteiger partial charge < -0.3 is 59.9 Å². The molecule has 392 valence electrons. The van der Waals surface area contributed by atoms with Crippen LogP contribution in [0.4, 0.5) is 15.3 Å². The number of carbonyl (C=O) groups excluding carboxylic acids is 8. The zero-order valence-electron chi connectivity index (χ0n) is 42.5. The number of nitrogens with zero attached hydrogens (tertiary/aromatic N) is 1. The lowest BCUT2D eigenvalue weighted by molar-refractivity contribution is -0.896. The normalized spacial score (nSPS) is 18.8. The summed E-state index contributed by atoms with van der Waals surface area (Å²) in [6.07, 6.45) is -1.71. The van der Waals surface area contributed by atoms with Crippen LogP contribution in [-0.4, -0.2) is 136 Å². The molecule has 0 spiro atoms. The van der Waals surface area contributed by atoms with Gasteiger partial charge in [0.15, 0.2) is 24.4 Å². The van der Waals surface area contributed by atoms with E-state index < -0.39 is 96.3 Å². The molecular formula is C53H67N6O14+. The lowest BCUT2D eigenvalue weighted by Crippen LogP contribution is -2.63. The fourth-order valence-corrected chi connectivity index (χ4v) is 9.17. The number of terminal acetylenes is 1. The molecule has 3 aromatic carbocycles. The predicted molar refractivity (Wildman–Crippen MR) is 266 cm³/mol. The Balaban J connectivity index is 1.39. The number of nitrogens with one attached hydrogen (secondary N) is 4. The Morgan fingerprint density at radius 2 is 1.40 bits per heavy atom. The second-order valence-corrected chi connectivity index (χ2v) is 19.0. The maximum atomic E-state index is 14.3. The van der Waals surface area contributed by atoms with Crippen molar-refractivity contribution < 1.29 is 71.3 Å². The van der Waals surface area contributed by atoms with Crippen LogP contribution in [0, 0.1) is 18.3 Å². The molecule has 0 radical (unpaired) electrons. The van der Waals surface area contributed by atoms with Crippen molar-refractivity contribution >= 4 is 53.5 Å². The first kappa shape index (κ1) is 56.4. The molecule has 1 aliphatic heterocycles. The second-order valence-electron chi connectivity index (χ2n) is 19.0. The molecule has 0 unspecified atom stereocenters. The summed E-state index contributed by atoms with van der Waals surface area (Å²) in [5.41, 5.74) is 11.2. The minimum atomic E-state index is -1.58. The summed E-state index contributed by atoms with van der Waals surface area (Å²) in [6, 6.07) is 18.0. The number of nitrogens with two attached hydrogens (primary N) is 1. The highest BCUT2D eigenvalue weighted by Crippen LogP contribution is 2.44. The van der Waals surface area contributed by atoms with Gasteiger partial charge in [-0.1, -0.05) is 68.4 Å². The molecule has 0 saturated carbocycles. The average Bonchev–Trinajstić information content (AvgIpc) is 3.64. The number of hydrogen-bond donors (Lipinski definition) is 5. The number of carbonyl (C=O) groups is 8. The summed E-state index contributed by atoms with van der Waals surface area (Å²) in [6.45, 7) is 7.71. The Kier molecular flexibility index (Phi) is 19.9. The molecule has 20 heteroatoms. The molecule has 5 amide bonds. The number of fused-ring (bicyclic) bond motifs is 3. The van der Waals surface area contributed by atoms with Crippen LogP contribution in [0.2, 0.25) is 0 Å². The molecule has 1 saturated heterocycles. The van der Waals surface area contributed by atoms with E-state index in [1.54, 1.807) is 32.0 Å². The molecule has 1 fully saturated rings. The molecule has 0 aromatic heterocycles. The van der Waals surface area contributed by atoms with Crippen LogP contribution >= 0.6 is 0 Å². The average molecular weight is 1010 g/mol. The van der Waals surface area contributed by atoms with Crippen molar-refractivity contribution in [3.05, 3.63) is 89.0 Å². The number of benzene rings is 3. The van der Waals surface area contributed by atoms with Crippen molar-refractivity contribution in [1.82, 2.24) is 16.0 Å². The molecule has 20 nitrogen and oxygen atoms in total. The topological polar surface area (TPSA) is 266 Å². The minimum absolute atomic E-state index is 0.0190. The fourth-order valence-electron chi connectivity index (χ4n) is 9.17. The van der Waals surface area contributed by atoms with Crippen LogP contribution < -0.4 is 27.0 Å². The van der Waals surface area contributed by atoms with Gasteiger partial charge in [0.2, 0.25) is 11.8 Å². The highest BCUT2D eigenvalue weighted by molar-refractivity contribution is 5.98. The van der Waals surface area contributed by atoms with Crippen molar-refractivity contribution in [2.75, 3.05) is 46.2 Å². The Bertz CT molecular complexity index is 2510. The predicted octanol–water partition coefficient (Wildman–Crippen LogP) is 4.00. The largest absolute Gasteiger partial charge is 0.467 e. The van der Waals surface area contributed by atoms with Crippen LogP contribution in [-0.2, 0) is 70.2 Å². The van der Waals surface area contributed by atoms with Gasteiger partial charge in [-0.2, -0.15) is 0 Å². The number of primary amides is 1. The highest BCUT2D eigenvalue weighted by atomic mass is 16.7. The first-order chi connectivity index (χ1) is 34.6. The third-order valence-electron chi connectivity index (χ3n) is 12.4. The number of ether oxygens (including phenoxy) is 6. The van der Waals surface area contributed by atoms with E-state index in [4.69, 9.17) is 40.6 Å². The fraction of sp³-hybridized carbons (Fsp3) is 0.472. The number of alkyl carbamates (subject to hydrolysis) is 1. The number of esters is 4. The highest BCUT2D eigenvalue weighted by Gasteiger charge is 2.54.